The van der Waals surface area contributed by atoms with Crippen molar-refractivity contribution in [2.45, 2.75) is 45.1 Å². The third-order valence-electron chi connectivity index (χ3n) is 4.64. The lowest BCUT2D eigenvalue weighted by Gasteiger charge is -2.38. The maximum Gasteiger partial charge on any atom is 0.0517 e. The van der Waals surface area contributed by atoms with Crippen LogP contribution < -0.4 is 5.32 Å². The molecule has 2 aromatic rings. The molecule has 1 aliphatic carbocycles. The molecule has 21 heavy (non-hydrogen) atoms. The van der Waals surface area contributed by atoms with E-state index in [1.54, 1.807) is 0 Å². The SMILES string of the molecule is Cc1cc(Br)ccc1NC1CCC(C)(C)c2ccccc21. The minimum atomic E-state index is 0.281. The summed E-state index contributed by atoms with van der Waals surface area (Å²) in [7, 11) is 0. The Morgan fingerprint density at radius 2 is 1.90 bits per heavy atom. The molecule has 0 fully saturated rings. The van der Waals surface area contributed by atoms with Gasteiger partial charge in [0.05, 0.1) is 6.04 Å². The van der Waals surface area contributed by atoms with Crippen molar-refractivity contribution < 1.29 is 0 Å². The fourth-order valence-corrected chi connectivity index (χ4v) is 3.81. The Hall–Kier alpha value is -1.28. The van der Waals surface area contributed by atoms with Crippen molar-refractivity contribution in [3.05, 3.63) is 63.6 Å². The molecule has 0 radical (unpaired) electrons. The fraction of sp³-hybridized carbons (Fsp3) is 0.368. The van der Waals surface area contributed by atoms with Crippen molar-refractivity contribution in [3.63, 3.8) is 0 Å². The van der Waals surface area contributed by atoms with Crippen LogP contribution in [0.15, 0.2) is 46.9 Å². The zero-order chi connectivity index (χ0) is 15.0. The van der Waals surface area contributed by atoms with Crippen molar-refractivity contribution in [3.8, 4) is 0 Å². The number of rotatable bonds is 2. The third kappa shape index (κ3) is 2.87. The molecule has 1 aliphatic rings. The Morgan fingerprint density at radius 3 is 2.67 bits per heavy atom. The highest BCUT2D eigenvalue weighted by Gasteiger charge is 2.32. The Morgan fingerprint density at radius 1 is 1.14 bits per heavy atom. The van der Waals surface area contributed by atoms with Gasteiger partial charge in [0.2, 0.25) is 0 Å². The number of anilines is 1. The number of hydrogen-bond acceptors (Lipinski definition) is 1. The van der Waals surface area contributed by atoms with Gasteiger partial charge >= 0.3 is 0 Å². The lowest BCUT2D eigenvalue weighted by molar-refractivity contribution is 0.406. The molecule has 0 aliphatic heterocycles. The fourth-order valence-electron chi connectivity index (χ4n) is 3.34. The number of nitrogens with one attached hydrogen (secondary N) is 1. The maximum absolute atomic E-state index is 3.75. The number of hydrogen-bond donors (Lipinski definition) is 1. The molecule has 0 saturated heterocycles. The topological polar surface area (TPSA) is 12.0 Å². The summed E-state index contributed by atoms with van der Waals surface area (Å²) in [5.41, 5.74) is 5.74. The first kappa shape index (κ1) is 14.6. The summed E-state index contributed by atoms with van der Waals surface area (Å²) in [5.74, 6) is 0. The Kier molecular flexibility index (Phi) is 3.83. The van der Waals surface area contributed by atoms with Gasteiger partial charge in [-0.3, -0.25) is 0 Å². The van der Waals surface area contributed by atoms with Gasteiger partial charge in [0.1, 0.15) is 0 Å². The average Bonchev–Trinajstić information content (AvgIpc) is 2.45. The summed E-state index contributed by atoms with van der Waals surface area (Å²) in [6, 6.07) is 15.7. The van der Waals surface area contributed by atoms with E-state index in [-0.39, 0.29) is 5.41 Å². The quantitative estimate of drug-likeness (QED) is 0.706. The van der Waals surface area contributed by atoms with Crippen molar-refractivity contribution in [1.82, 2.24) is 0 Å². The second-order valence-electron chi connectivity index (χ2n) is 6.67. The molecule has 110 valence electrons. The third-order valence-corrected chi connectivity index (χ3v) is 5.13. The molecule has 1 atom stereocenters. The number of fused-ring (bicyclic) bond motifs is 1. The van der Waals surface area contributed by atoms with Crippen molar-refractivity contribution in [2.75, 3.05) is 5.32 Å². The Bertz CT molecular complexity index is 660. The maximum atomic E-state index is 3.75. The van der Waals surface area contributed by atoms with Crippen LogP contribution in [0.5, 0.6) is 0 Å². The van der Waals surface area contributed by atoms with Crippen molar-refractivity contribution in [1.29, 1.82) is 0 Å². The van der Waals surface area contributed by atoms with Gasteiger partial charge in [-0.05, 0) is 60.1 Å². The first-order valence-corrected chi connectivity index (χ1v) is 8.39. The van der Waals surface area contributed by atoms with Gasteiger partial charge in [0, 0.05) is 10.2 Å². The Labute approximate surface area is 135 Å². The second kappa shape index (κ2) is 5.49. The summed E-state index contributed by atoms with van der Waals surface area (Å²) in [4.78, 5) is 0. The van der Waals surface area contributed by atoms with Gasteiger partial charge in [-0.2, -0.15) is 0 Å². The standard InChI is InChI=1S/C19H22BrN/c1-13-12-14(20)8-9-17(13)21-18-10-11-19(2,3)16-7-5-4-6-15(16)18/h4-9,12,18,21H,10-11H2,1-3H3. The van der Waals surface area contributed by atoms with Crippen molar-refractivity contribution >= 4 is 21.6 Å². The minimum Gasteiger partial charge on any atom is -0.378 e. The molecule has 0 bridgehead atoms. The van der Waals surface area contributed by atoms with Crippen LogP contribution in [0.3, 0.4) is 0 Å². The van der Waals surface area contributed by atoms with Crippen LogP contribution in [0.1, 0.15) is 49.4 Å². The minimum absolute atomic E-state index is 0.281. The highest BCUT2D eigenvalue weighted by atomic mass is 79.9. The van der Waals surface area contributed by atoms with E-state index >= 15 is 0 Å². The zero-order valence-electron chi connectivity index (χ0n) is 12.9. The van der Waals surface area contributed by atoms with Gasteiger partial charge in [-0.1, -0.05) is 54.0 Å². The highest BCUT2D eigenvalue weighted by Crippen LogP contribution is 2.42. The van der Waals surface area contributed by atoms with E-state index in [0.29, 0.717) is 6.04 Å². The largest absolute Gasteiger partial charge is 0.378 e. The monoisotopic (exact) mass is 343 g/mol. The van der Waals surface area contributed by atoms with E-state index in [9.17, 15) is 0 Å². The molecule has 0 heterocycles. The molecule has 2 aromatic carbocycles. The number of halogens is 1. The van der Waals surface area contributed by atoms with Gasteiger partial charge in [-0.15, -0.1) is 0 Å². The predicted octanol–water partition coefficient (Wildman–Crippen LogP) is 5.98. The molecule has 0 amide bonds. The van der Waals surface area contributed by atoms with E-state index < -0.39 is 0 Å². The first-order valence-electron chi connectivity index (χ1n) is 7.59. The predicted molar refractivity (Wildman–Crippen MR) is 93.9 cm³/mol. The molecule has 2 heteroatoms. The van der Waals surface area contributed by atoms with Crippen LogP contribution in [0.2, 0.25) is 0 Å². The van der Waals surface area contributed by atoms with Crippen LogP contribution in [-0.4, -0.2) is 0 Å². The molecule has 0 saturated carbocycles. The van der Waals surface area contributed by atoms with E-state index in [4.69, 9.17) is 0 Å². The molecule has 0 aromatic heterocycles. The summed E-state index contributed by atoms with van der Waals surface area (Å²) in [6.07, 6.45) is 2.40. The van der Waals surface area contributed by atoms with E-state index in [0.717, 1.165) is 4.47 Å². The molecular weight excluding hydrogens is 322 g/mol. The first-order chi connectivity index (χ1) is 9.97. The molecule has 1 nitrogen and oxygen atoms in total. The number of benzene rings is 2. The highest BCUT2D eigenvalue weighted by molar-refractivity contribution is 9.10. The van der Waals surface area contributed by atoms with E-state index in [1.807, 2.05) is 0 Å². The lowest BCUT2D eigenvalue weighted by Crippen LogP contribution is -2.29. The van der Waals surface area contributed by atoms with E-state index in [1.165, 1.54) is 35.2 Å². The molecule has 3 rings (SSSR count). The summed E-state index contributed by atoms with van der Waals surface area (Å²) in [5, 5.41) is 3.75. The summed E-state index contributed by atoms with van der Waals surface area (Å²) < 4.78 is 1.13. The van der Waals surface area contributed by atoms with Gasteiger partial charge in [0.25, 0.3) is 0 Å². The lowest BCUT2D eigenvalue weighted by atomic mass is 9.71. The van der Waals surface area contributed by atoms with Crippen LogP contribution in [0.25, 0.3) is 0 Å². The average molecular weight is 344 g/mol. The molecule has 0 spiro atoms. The zero-order valence-corrected chi connectivity index (χ0v) is 14.5. The van der Waals surface area contributed by atoms with Crippen LogP contribution >= 0.6 is 15.9 Å². The summed E-state index contributed by atoms with van der Waals surface area (Å²) in [6.45, 7) is 6.87. The van der Waals surface area contributed by atoms with Gasteiger partial charge in [0.15, 0.2) is 0 Å². The molecule has 1 unspecified atom stereocenters. The molecular formula is C19H22BrN. The van der Waals surface area contributed by atoms with Crippen LogP contribution in [-0.2, 0) is 5.41 Å². The normalized spacial score (nSPS) is 19.9. The Balaban J connectivity index is 1.94. The smallest absolute Gasteiger partial charge is 0.0517 e. The van der Waals surface area contributed by atoms with Gasteiger partial charge in [-0.25, -0.2) is 0 Å². The van der Waals surface area contributed by atoms with Crippen LogP contribution in [0.4, 0.5) is 5.69 Å². The summed E-state index contributed by atoms with van der Waals surface area (Å²) >= 11 is 3.53. The second-order valence-corrected chi connectivity index (χ2v) is 7.58. The van der Waals surface area contributed by atoms with E-state index in [2.05, 4.69) is 84.5 Å². The number of aryl methyl sites for hydroxylation is 1. The molecule has 1 N–H and O–H groups in total. The van der Waals surface area contributed by atoms with Crippen LogP contribution in [0, 0.1) is 6.92 Å². The van der Waals surface area contributed by atoms with Gasteiger partial charge < -0.3 is 5.32 Å². The van der Waals surface area contributed by atoms with Crippen molar-refractivity contribution in [2.24, 2.45) is 0 Å².